The van der Waals surface area contributed by atoms with Crippen LogP contribution in [0.4, 0.5) is 0 Å². The number of hydrogen-bond donors (Lipinski definition) is 2. The van der Waals surface area contributed by atoms with Crippen LogP contribution in [-0.4, -0.2) is 21.0 Å². The van der Waals surface area contributed by atoms with Gasteiger partial charge in [-0.15, -0.1) is 0 Å². The molecular weight excluding hydrogens is 304 g/mol. The van der Waals surface area contributed by atoms with Gasteiger partial charge in [0.05, 0.1) is 5.56 Å². The van der Waals surface area contributed by atoms with Gasteiger partial charge in [0.25, 0.3) is 5.56 Å². The number of H-pyrrole nitrogens is 1. The molecule has 5 heteroatoms. The lowest BCUT2D eigenvalue weighted by molar-refractivity contribution is 0.0696. The third-order valence-electron chi connectivity index (χ3n) is 3.82. The summed E-state index contributed by atoms with van der Waals surface area (Å²) >= 11 is 0. The summed E-state index contributed by atoms with van der Waals surface area (Å²) in [5, 5.41) is 9.25. The first kappa shape index (κ1) is 17.7. The van der Waals surface area contributed by atoms with Crippen LogP contribution in [0.5, 0.6) is 0 Å². The van der Waals surface area contributed by atoms with Gasteiger partial charge in [-0.2, -0.15) is 0 Å². The minimum atomic E-state index is -0.947. The van der Waals surface area contributed by atoms with Gasteiger partial charge in [-0.25, -0.2) is 9.78 Å². The number of benzene rings is 1. The van der Waals surface area contributed by atoms with E-state index in [4.69, 9.17) is 0 Å². The number of rotatable bonds is 6. The number of aromatic carboxylic acids is 1. The van der Waals surface area contributed by atoms with Gasteiger partial charge in [0.1, 0.15) is 5.82 Å². The smallest absolute Gasteiger partial charge is 0.335 e. The molecule has 1 aromatic carbocycles. The molecule has 2 N–H and O–H groups in total. The van der Waals surface area contributed by atoms with Crippen molar-refractivity contribution in [3.8, 4) is 0 Å². The van der Waals surface area contributed by atoms with Crippen LogP contribution in [0.3, 0.4) is 0 Å². The highest BCUT2D eigenvalue weighted by atomic mass is 16.4. The standard InChI is InChI=1S/C19H22N2O3/c1-4-6-15-11-17(22)21-18(20-15)14(5-2)9-13-8-7-12(3)16(10-13)19(23)24/h7-11H,4-6H2,1-3H3,(H,23,24)(H,20,21,22)/b14-9+. The number of hydrogen-bond acceptors (Lipinski definition) is 3. The fourth-order valence-corrected chi connectivity index (χ4v) is 2.54. The van der Waals surface area contributed by atoms with E-state index in [1.807, 2.05) is 26.0 Å². The number of carboxylic acids is 1. The Hall–Kier alpha value is -2.69. The van der Waals surface area contributed by atoms with Crippen LogP contribution < -0.4 is 5.56 Å². The molecule has 0 atom stereocenters. The van der Waals surface area contributed by atoms with Gasteiger partial charge < -0.3 is 10.1 Å². The first-order valence-corrected chi connectivity index (χ1v) is 8.09. The van der Waals surface area contributed by atoms with E-state index in [2.05, 4.69) is 9.97 Å². The van der Waals surface area contributed by atoms with E-state index in [9.17, 15) is 14.7 Å². The average molecular weight is 326 g/mol. The molecular formula is C19H22N2O3. The SMILES string of the molecule is CCCc1cc(=O)[nH]c(/C(=C/c2ccc(C)c(C(=O)O)c2)CC)n1. The summed E-state index contributed by atoms with van der Waals surface area (Å²) in [4.78, 5) is 30.4. The Balaban J connectivity index is 2.48. The van der Waals surface area contributed by atoms with E-state index < -0.39 is 5.97 Å². The summed E-state index contributed by atoms with van der Waals surface area (Å²) in [6.45, 7) is 5.79. The molecule has 0 bridgehead atoms. The molecule has 0 aliphatic heterocycles. The molecule has 126 valence electrons. The lowest BCUT2D eigenvalue weighted by Crippen LogP contribution is -2.12. The van der Waals surface area contributed by atoms with Gasteiger partial charge >= 0.3 is 5.97 Å². The van der Waals surface area contributed by atoms with Crippen molar-refractivity contribution in [2.75, 3.05) is 0 Å². The van der Waals surface area contributed by atoms with E-state index in [1.54, 1.807) is 19.1 Å². The lowest BCUT2D eigenvalue weighted by Gasteiger charge is -2.08. The Labute approximate surface area is 141 Å². The summed E-state index contributed by atoms with van der Waals surface area (Å²) in [7, 11) is 0. The number of carboxylic acid groups (broad SMARTS) is 1. The Bertz CT molecular complexity index is 835. The van der Waals surface area contributed by atoms with Crippen molar-refractivity contribution in [3.05, 3.63) is 62.8 Å². The Morgan fingerprint density at radius 1 is 1.29 bits per heavy atom. The van der Waals surface area contributed by atoms with Crippen LogP contribution in [0.25, 0.3) is 11.6 Å². The summed E-state index contributed by atoms with van der Waals surface area (Å²) in [6, 6.07) is 6.81. The van der Waals surface area contributed by atoms with E-state index in [0.29, 0.717) is 17.8 Å². The molecule has 0 fully saturated rings. The predicted octanol–water partition coefficient (Wildman–Crippen LogP) is 3.68. The summed E-state index contributed by atoms with van der Waals surface area (Å²) in [5.74, 6) is -0.400. The average Bonchev–Trinajstić information content (AvgIpc) is 2.53. The van der Waals surface area contributed by atoms with Gasteiger partial charge in [0.2, 0.25) is 0 Å². The molecule has 24 heavy (non-hydrogen) atoms. The van der Waals surface area contributed by atoms with Gasteiger partial charge in [0.15, 0.2) is 0 Å². The Morgan fingerprint density at radius 3 is 2.67 bits per heavy atom. The molecule has 0 unspecified atom stereocenters. The summed E-state index contributed by atoms with van der Waals surface area (Å²) < 4.78 is 0. The number of aromatic nitrogens is 2. The molecule has 0 aliphatic carbocycles. The van der Waals surface area contributed by atoms with Crippen LogP contribution in [-0.2, 0) is 6.42 Å². The molecule has 5 nitrogen and oxygen atoms in total. The molecule has 0 saturated carbocycles. The van der Waals surface area contributed by atoms with E-state index in [0.717, 1.165) is 29.7 Å². The van der Waals surface area contributed by atoms with Crippen LogP contribution in [0.1, 0.15) is 59.7 Å². The molecule has 1 aromatic heterocycles. The third-order valence-corrected chi connectivity index (χ3v) is 3.82. The first-order valence-electron chi connectivity index (χ1n) is 8.09. The van der Waals surface area contributed by atoms with Crippen molar-refractivity contribution in [2.24, 2.45) is 0 Å². The molecule has 0 radical (unpaired) electrons. The molecule has 0 saturated heterocycles. The zero-order chi connectivity index (χ0) is 17.7. The van der Waals surface area contributed by atoms with Crippen molar-refractivity contribution >= 4 is 17.6 Å². The van der Waals surface area contributed by atoms with Crippen LogP contribution in [0, 0.1) is 6.92 Å². The zero-order valence-corrected chi connectivity index (χ0v) is 14.2. The molecule has 0 spiro atoms. The molecule has 0 aliphatic rings. The maximum absolute atomic E-state index is 11.8. The van der Waals surface area contributed by atoms with E-state index >= 15 is 0 Å². The highest BCUT2D eigenvalue weighted by Crippen LogP contribution is 2.20. The largest absolute Gasteiger partial charge is 0.478 e. The highest BCUT2D eigenvalue weighted by molar-refractivity contribution is 5.91. The fourth-order valence-electron chi connectivity index (χ4n) is 2.54. The highest BCUT2D eigenvalue weighted by Gasteiger charge is 2.09. The minimum absolute atomic E-state index is 0.169. The number of carbonyl (C=O) groups is 1. The van der Waals surface area contributed by atoms with Crippen molar-refractivity contribution in [2.45, 2.75) is 40.0 Å². The maximum atomic E-state index is 11.8. The predicted molar refractivity (Wildman–Crippen MR) is 95.2 cm³/mol. The van der Waals surface area contributed by atoms with Crippen LogP contribution in [0.2, 0.25) is 0 Å². The zero-order valence-electron chi connectivity index (χ0n) is 14.2. The molecule has 2 aromatic rings. The van der Waals surface area contributed by atoms with Crippen molar-refractivity contribution in [3.63, 3.8) is 0 Å². The van der Waals surface area contributed by atoms with E-state index in [-0.39, 0.29) is 11.1 Å². The monoisotopic (exact) mass is 326 g/mol. The lowest BCUT2D eigenvalue weighted by atomic mass is 10.0. The van der Waals surface area contributed by atoms with Gasteiger partial charge in [-0.1, -0.05) is 32.4 Å². The van der Waals surface area contributed by atoms with Crippen LogP contribution >= 0.6 is 0 Å². The van der Waals surface area contributed by atoms with E-state index in [1.165, 1.54) is 6.07 Å². The molecule has 2 rings (SSSR count). The Morgan fingerprint density at radius 2 is 2.04 bits per heavy atom. The number of nitrogens with one attached hydrogen (secondary N) is 1. The van der Waals surface area contributed by atoms with Crippen LogP contribution in [0.15, 0.2) is 29.1 Å². The minimum Gasteiger partial charge on any atom is -0.478 e. The second-order valence-electron chi connectivity index (χ2n) is 5.74. The molecule has 0 amide bonds. The Kier molecular flexibility index (Phi) is 5.68. The van der Waals surface area contributed by atoms with Gasteiger partial charge in [-0.3, -0.25) is 4.79 Å². The van der Waals surface area contributed by atoms with Crippen molar-refractivity contribution in [1.29, 1.82) is 0 Å². The number of nitrogens with zero attached hydrogens (tertiary/aromatic N) is 1. The molecule has 1 heterocycles. The van der Waals surface area contributed by atoms with Gasteiger partial charge in [0, 0.05) is 11.8 Å². The normalized spacial score (nSPS) is 11.5. The second kappa shape index (κ2) is 7.73. The first-order chi connectivity index (χ1) is 11.4. The maximum Gasteiger partial charge on any atom is 0.335 e. The van der Waals surface area contributed by atoms with Crippen molar-refractivity contribution < 1.29 is 9.90 Å². The topological polar surface area (TPSA) is 83.0 Å². The number of allylic oxidation sites excluding steroid dienone is 1. The third kappa shape index (κ3) is 4.19. The quantitative estimate of drug-likeness (QED) is 0.848. The number of aromatic amines is 1. The number of aryl methyl sites for hydroxylation is 2. The van der Waals surface area contributed by atoms with Gasteiger partial charge in [-0.05, 0) is 48.6 Å². The second-order valence-corrected chi connectivity index (χ2v) is 5.74. The fraction of sp³-hybridized carbons (Fsp3) is 0.316. The van der Waals surface area contributed by atoms with Crippen molar-refractivity contribution in [1.82, 2.24) is 9.97 Å². The summed E-state index contributed by atoms with van der Waals surface area (Å²) in [6.07, 6.45) is 4.22. The summed E-state index contributed by atoms with van der Waals surface area (Å²) in [5.41, 5.74) is 3.24.